The summed E-state index contributed by atoms with van der Waals surface area (Å²) in [4.78, 5) is 0. The van der Waals surface area contributed by atoms with Gasteiger partial charge in [0.05, 0.1) is 0 Å². The van der Waals surface area contributed by atoms with Crippen LogP contribution in [0.4, 0.5) is 0 Å². The predicted molar refractivity (Wildman–Crippen MR) is 116 cm³/mol. The van der Waals surface area contributed by atoms with Crippen molar-refractivity contribution in [1.29, 1.82) is 0 Å². The van der Waals surface area contributed by atoms with Crippen LogP contribution in [0.5, 0.6) is 0 Å². The zero-order chi connectivity index (χ0) is 20.0. The SMILES string of the molecule is CC(C)[N-]C(C)C.CC(C)[N-]C(C)C.CC[N-]CC.CC[N-]CC.[W]. The van der Waals surface area contributed by atoms with Gasteiger partial charge in [-0.1, -0.05) is 83.1 Å². The second-order valence-electron chi connectivity index (χ2n) is 6.39. The fourth-order valence-corrected chi connectivity index (χ4v) is 1.64. The number of rotatable bonds is 8. The van der Waals surface area contributed by atoms with Gasteiger partial charge in [0, 0.05) is 21.1 Å². The van der Waals surface area contributed by atoms with Crippen molar-refractivity contribution in [3.05, 3.63) is 21.3 Å². The molecule has 0 aliphatic rings. The van der Waals surface area contributed by atoms with Gasteiger partial charge in [-0.2, -0.15) is 26.2 Å². The molecule has 0 rings (SSSR count). The minimum absolute atomic E-state index is 0. The molecule has 25 heavy (non-hydrogen) atoms. The van der Waals surface area contributed by atoms with Crippen LogP contribution in [0.15, 0.2) is 0 Å². The molecule has 0 aromatic carbocycles. The van der Waals surface area contributed by atoms with Crippen molar-refractivity contribution >= 4 is 0 Å². The van der Waals surface area contributed by atoms with E-state index in [4.69, 9.17) is 0 Å². The molecule has 0 bridgehead atoms. The maximum absolute atomic E-state index is 4.28. The van der Waals surface area contributed by atoms with E-state index >= 15 is 0 Å². The summed E-state index contributed by atoms with van der Waals surface area (Å²) in [5, 5.41) is 16.5. The Morgan fingerprint density at radius 1 is 0.440 bits per heavy atom. The van der Waals surface area contributed by atoms with Crippen LogP contribution >= 0.6 is 0 Å². The minimum Gasteiger partial charge on any atom is -0.663 e. The number of hydrogen-bond acceptors (Lipinski definition) is 0. The minimum atomic E-state index is 0. The van der Waals surface area contributed by atoms with Crippen LogP contribution in [-0.2, 0) is 21.1 Å². The van der Waals surface area contributed by atoms with Gasteiger partial charge in [0.25, 0.3) is 0 Å². The zero-order valence-corrected chi connectivity index (χ0v) is 22.3. The molecule has 5 heteroatoms. The van der Waals surface area contributed by atoms with Gasteiger partial charge in [0.15, 0.2) is 0 Å². The van der Waals surface area contributed by atoms with Crippen molar-refractivity contribution in [3.8, 4) is 0 Å². The third-order valence-electron chi connectivity index (χ3n) is 2.09. The van der Waals surface area contributed by atoms with E-state index in [1.807, 2.05) is 27.7 Å². The van der Waals surface area contributed by atoms with Crippen molar-refractivity contribution in [1.82, 2.24) is 0 Å². The van der Waals surface area contributed by atoms with Gasteiger partial charge >= 0.3 is 0 Å². The van der Waals surface area contributed by atoms with E-state index in [2.05, 4.69) is 76.7 Å². The summed E-state index contributed by atoms with van der Waals surface area (Å²) in [6, 6.07) is 2.00. The summed E-state index contributed by atoms with van der Waals surface area (Å²) in [7, 11) is 0. The average Bonchev–Trinajstić information content (AvgIpc) is 2.39. The second kappa shape index (κ2) is 32.2. The van der Waals surface area contributed by atoms with E-state index in [0.717, 1.165) is 26.2 Å². The maximum Gasteiger partial charge on any atom is 0 e. The van der Waals surface area contributed by atoms with E-state index in [1.165, 1.54) is 0 Å². The first-order valence-corrected chi connectivity index (χ1v) is 9.74. The first-order chi connectivity index (χ1) is 11.1. The van der Waals surface area contributed by atoms with Gasteiger partial charge in [0.1, 0.15) is 0 Å². The summed E-state index contributed by atoms with van der Waals surface area (Å²) < 4.78 is 0. The van der Waals surface area contributed by atoms with Gasteiger partial charge < -0.3 is 21.3 Å². The summed E-state index contributed by atoms with van der Waals surface area (Å²) in [6.45, 7) is 28.8. The Labute approximate surface area is 175 Å². The standard InChI is InChI=1S/2C6H14N.2C4H10N.W/c2*1-5(2)7-6(3)4;2*1-3-5-4-2;/h2*5-6H,1-4H3;2*3-4H2,1-2H3;/q4*-1;. The molecule has 0 saturated carbocycles. The van der Waals surface area contributed by atoms with Crippen LogP contribution in [0.1, 0.15) is 83.1 Å². The first-order valence-electron chi connectivity index (χ1n) is 9.74. The molecule has 0 amide bonds. The fraction of sp³-hybridized carbons (Fsp3) is 1.00. The summed E-state index contributed by atoms with van der Waals surface area (Å²) in [5.74, 6) is 0. The molecule has 0 atom stereocenters. The molecule has 0 aliphatic carbocycles. The van der Waals surface area contributed by atoms with Gasteiger partial charge in [-0.15, -0.1) is 24.2 Å². The summed E-state index contributed by atoms with van der Waals surface area (Å²) in [6.07, 6.45) is 0. The van der Waals surface area contributed by atoms with Gasteiger partial charge in [-0.05, 0) is 0 Å². The fourth-order valence-electron chi connectivity index (χ4n) is 1.64. The van der Waals surface area contributed by atoms with Gasteiger partial charge in [0.2, 0.25) is 0 Å². The maximum atomic E-state index is 4.28. The van der Waals surface area contributed by atoms with Crippen LogP contribution in [0, 0.1) is 0 Å². The van der Waals surface area contributed by atoms with Crippen LogP contribution < -0.4 is 0 Å². The Bertz CT molecular complexity index is 151. The van der Waals surface area contributed by atoms with E-state index in [1.54, 1.807) is 0 Å². The Morgan fingerprint density at radius 2 is 0.600 bits per heavy atom. The van der Waals surface area contributed by atoms with Crippen LogP contribution in [0.25, 0.3) is 21.3 Å². The molecule has 0 heterocycles. The third-order valence-corrected chi connectivity index (χ3v) is 2.09. The smallest absolute Gasteiger partial charge is 0 e. The summed E-state index contributed by atoms with van der Waals surface area (Å²) >= 11 is 0. The topological polar surface area (TPSA) is 56.4 Å². The van der Waals surface area contributed by atoms with Crippen molar-refractivity contribution in [2.24, 2.45) is 0 Å². The second-order valence-corrected chi connectivity index (χ2v) is 6.39. The number of nitrogens with zero attached hydrogens (tertiary/aromatic N) is 4. The molecule has 0 fully saturated rings. The van der Waals surface area contributed by atoms with Crippen LogP contribution in [-0.4, -0.2) is 50.3 Å². The molecule has 0 N–H and O–H groups in total. The molecule has 0 aromatic rings. The number of hydrogen-bond donors (Lipinski definition) is 0. The molecule has 4 nitrogen and oxygen atoms in total. The zero-order valence-electron chi connectivity index (χ0n) is 19.3. The Kier molecular flexibility index (Phi) is 47.0. The predicted octanol–water partition coefficient (Wildman–Crippen LogP) is 7.15. The molecule has 0 radical (unpaired) electrons. The molecule has 0 saturated heterocycles. The largest absolute Gasteiger partial charge is 0.663 e. The average molecular weight is 528 g/mol. The van der Waals surface area contributed by atoms with Crippen molar-refractivity contribution in [2.75, 3.05) is 26.2 Å². The van der Waals surface area contributed by atoms with Gasteiger partial charge in [-0.3, -0.25) is 0 Å². The molecule has 0 unspecified atom stereocenters. The Morgan fingerprint density at radius 3 is 0.600 bits per heavy atom. The van der Waals surface area contributed by atoms with Crippen LogP contribution in [0.3, 0.4) is 0 Å². The van der Waals surface area contributed by atoms with Gasteiger partial charge in [-0.25, -0.2) is 0 Å². The summed E-state index contributed by atoms with van der Waals surface area (Å²) in [5.41, 5.74) is 0. The Balaban J connectivity index is -0.0000000711. The monoisotopic (exact) mass is 528 g/mol. The van der Waals surface area contributed by atoms with Crippen molar-refractivity contribution < 1.29 is 21.1 Å². The normalized spacial score (nSPS) is 9.60. The Hall–Kier alpha value is 0.528. The molecule has 0 aliphatic heterocycles. The molecule has 0 spiro atoms. The van der Waals surface area contributed by atoms with E-state index < -0.39 is 0 Å². The molecular weight excluding hydrogens is 480 g/mol. The quantitative estimate of drug-likeness (QED) is 0.321. The van der Waals surface area contributed by atoms with Crippen LogP contribution in [0.2, 0.25) is 0 Å². The van der Waals surface area contributed by atoms with Crippen molar-refractivity contribution in [3.63, 3.8) is 0 Å². The van der Waals surface area contributed by atoms with E-state index in [0.29, 0.717) is 24.2 Å². The van der Waals surface area contributed by atoms with Crippen molar-refractivity contribution in [2.45, 2.75) is 107 Å². The third kappa shape index (κ3) is 79.3. The first kappa shape index (κ1) is 36.4. The van der Waals surface area contributed by atoms with E-state index in [-0.39, 0.29) is 21.1 Å². The molecule has 0 aromatic heterocycles. The molecule has 158 valence electrons. The molecular formula is C20H48N4W-4. The van der Waals surface area contributed by atoms with E-state index in [9.17, 15) is 0 Å².